The van der Waals surface area contributed by atoms with Gasteiger partial charge in [0.25, 0.3) is 0 Å². The standard InChI is InChI=1S/C19H31N3O2/c1-5-17(16-9-7-8-10-18(16)24-6-2)20-19(23)14-22-12-11-21(4)13-15(22)3/h7-10,15,17H,5-6,11-14H2,1-4H3,(H,20,23). The zero-order valence-electron chi connectivity index (χ0n) is 15.4. The van der Waals surface area contributed by atoms with Gasteiger partial charge in [-0.3, -0.25) is 9.69 Å². The predicted molar refractivity (Wildman–Crippen MR) is 97.3 cm³/mol. The van der Waals surface area contributed by atoms with E-state index in [-0.39, 0.29) is 11.9 Å². The van der Waals surface area contributed by atoms with Crippen LogP contribution in [0.4, 0.5) is 0 Å². The minimum atomic E-state index is -0.0111. The number of amides is 1. The van der Waals surface area contributed by atoms with Crippen LogP contribution in [0.5, 0.6) is 5.75 Å². The SMILES string of the molecule is CCOc1ccccc1C(CC)NC(=O)CN1CCN(C)CC1C. The van der Waals surface area contributed by atoms with Crippen molar-refractivity contribution >= 4 is 5.91 Å². The van der Waals surface area contributed by atoms with Crippen LogP contribution in [-0.2, 0) is 4.79 Å². The quantitative estimate of drug-likeness (QED) is 0.831. The van der Waals surface area contributed by atoms with Crippen molar-refractivity contribution < 1.29 is 9.53 Å². The van der Waals surface area contributed by atoms with Crippen molar-refractivity contribution in [2.24, 2.45) is 0 Å². The van der Waals surface area contributed by atoms with Crippen molar-refractivity contribution in [3.8, 4) is 5.75 Å². The van der Waals surface area contributed by atoms with Crippen molar-refractivity contribution in [1.29, 1.82) is 0 Å². The molecule has 0 saturated carbocycles. The first-order valence-corrected chi connectivity index (χ1v) is 8.98. The number of nitrogens with one attached hydrogen (secondary N) is 1. The van der Waals surface area contributed by atoms with Gasteiger partial charge in [0.05, 0.1) is 19.2 Å². The number of nitrogens with zero attached hydrogens (tertiary/aromatic N) is 2. The summed E-state index contributed by atoms with van der Waals surface area (Å²) in [5.74, 6) is 0.949. The van der Waals surface area contributed by atoms with Crippen molar-refractivity contribution in [3.05, 3.63) is 29.8 Å². The molecule has 24 heavy (non-hydrogen) atoms. The molecule has 1 saturated heterocycles. The van der Waals surface area contributed by atoms with E-state index < -0.39 is 0 Å². The molecule has 0 bridgehead atoms. The van der Waals surface area contributed by atoms with Crippen LogP contribution in [0, 0.1) is 0 Å². The van der Waals surface area contributed by atoms with E-state index in [9.17, 15) is 4.79 Å². The second kappa shape index (κ2) is 9.04. The third-order valence-electron chi connectivity index (χ3n) is 4.65. The Balaban J connectivity index is 1.98. The van der Waals surface area contributed by atoms with Gasteiger partial charge in [0.1, 0.15) is 5.75 Å². The van der Waals surface area contributed by atoms with E-state index in [1.54, 1.807) is 0 Å². The van der Waals surface area contributed by atoms with Gasteiger partial charge in [-0.15, -0.1) is 0 Å². The highest BCUT2D eigenvalue weighted by atomic mass is 16.5. The maximum absolute atomic E-state index is 12.5. The Morgan fingerprint density at radius 2 is 2.08 bits per heavy atom. The minimum Gasteiger partial charge on any atom is -0.494 e. The highest BCUT2D eigenvalue weighted by molar-refractivity contribution is 5.78. The van der Waals surface area contributed by atoms with Gasteiger partial charge in [0, 0.05) is 31.2 Å². The molecule has 2 rings (SSSR count). The van der Waals surface area contributed by atoms with Gasteiger partial charge in [-0.25, -0.2) is 0 Å². The number of ether oxygens (including phenoxy) is 1. The molecule has 1 N–H and O–H groups in total. The number of rotatable bonds is 7. The first-order chi connectivity index (χ1) is 11.5. The summed E-state index contributed by atoms with van der Waals surface area (Å²) in [4.78, 5) is 17.1. The van der Waals surface area contributed by atoms with Crippen LogP contribution >= 0.6 is 0 Å². The van der Waals surface area contributed by atoms with Gasteiger partial charge < -0.3 is 15.0 Å². The van der Waals surface area contributed by atoms with Gasteiger partial charge in [0.15, 0.2) is 0 Å². The third kappa shape index (κ3) is 4.95. The smallest absolute Gasteiger partial charge is 0.234 e. The first kappa shape index (κ1) is 18.7. The zero-order valence-corrected chi connectivity index (χ0v) is 15.4. The second-order valence-electron chi connectivity index (χ2n) is 6.58. The van der Waals surface area contributed by atoms with E-state index in [4.69, 9.17) is 4.74 Å². The maximum Gasteiger partial charge on any atom is 0.234 e. The van der Waals surface area contributed by atoms with E-state index >= 15 is 0 Å². The summed E-state index contributed by atoms with van der Waals surface area (Å²) in [6, 6.07) is 8.37. The number of para-hydroxylation sites is 1. The average molecular weight is 333 g/mol. The zero-order chi connectivity index (χ0) is 17.5. The summed E-state index contributed by atoms with van der Waals surface area (Å²) in [7, 11) is 2.13. The van der Waals surface area contributed by atoms with Crippen LogP contribution in [-0.4, -0.2) is 61.6 Å². The fourth-order valence-electron chi connectivity index (χ4n) is 3.29. The summed E-state index contributed by atoms with van der Waals surface area (Å²) in [5.41, 5.74) is 1.06. The molecule has 1 aliphatic rings. The molecule has 134 valence electrons. The highest BCUT2D eigenvalue weighted by Gasteiger charge is 2.24. The van der Waals surface area contributed by atoms with Gasteiger partial charge in [0.2, 0.25) is 5.91 Å². The topological polar surface area (TPSA) is 44.8 Å². The monoisotopic (exact) mass is 333 g/mol. The molecule has 1 heterocycles. The van der Waals surface area contributed by atoms with Crippen molar-refractivity contribution in [1.82, 2.24) is 15.1 Å². The molecule has 0 aliphatic carbocycles. The highest BCUT2D eigenvalue weighted by Crippen LogP contribution is 2.27. The Bertz CT molecular complexity index is 535. The van der Waals surface area contributed by atoms with Crippen LogP contribution in [0.25, 0.3) is 0 Å². The van der Waals surface area contributed by atoms with E-state index in [1.807, 2.05) is 31.2 Å². The number of hydrogen-bond acceptors (Lipinski definition) is 4. The largest absolute Gasteiger partial charge is 0.494 e. The molecule has 1 aliphatic heterocycles. The van der Waals surface area contributed by atoms with E-state index in [1.165, 1.54) is 0 Å². The number of carbonyl (C=O) groups excluding carboxylic acids is 1. The molecule has 0 radical (unpaired) electrons. The molecule has 5 nitrogen and oxygen atoms in total. The Morgan fingerprint density at radius 1 is 1.33 bits per heavy atom. The second-order valence-corrected chi connectivity index (χ2v) is 6.58. The molecule has 0 spiro atoms. The molecular weight excluding hydrogens is 302 g/mol. The normalized spacial score (nSPS) is 20.6. The lowest BCUT2D eigenvalue weighted by Gasteiger charge is -2.37. The van der Waals surface area contributed by atoms with E-state index in [0.29, 0.717) is 19.2 Å². The minimum absolute atomic E-state index is 0.0111. The molecule has 1 aromatic carbocycles. The lowest BCUT2D eigenvalue weighted by Crippen LogP contribution is -2.53. The number of likely N-dealkylation sites (N-methyl/N-ethyl adjacent to an activating group) is 1. The van der Waals surface area contributed by atoms with E-state index in [2.05, 4.69) is 36.0 Å². The molecule has 2 unspecified atom stereocenters. The fourth-order valence-corrected chi connectivity index (χ4v) is 3.29. The Kier molecular flexibility index (Phi) is 7.06. The Morgan fingerprint density at radius 3 is 2.75 bits per heavy atom. The Hall–Kier alpha value is -1.59. The van der Waals surface area contributed by atoms with Crippen LogP contribution in [0.1, 0.15) is 38.8 Å². The van der Waals surface area contributed by atoms with Gasteiger partial charge in [-0.05, 0) is 33.4 Å². The molecular formula is C19H31N3O2. The molecule has 1 fully saturated rings. The van der Waals surface area contributed by atoms with Gasteiger partial charge in [-0.1, -0.05) is 25.1 Å². The van der Waals surface area contributed by atoms with Crippen molar-refractivity contribution in [3.63, 3.8) is 0 Å². The van der Waals surface area contributed by atoms with Crippen molar-refractivity contribution in [2.45, 2.75) is 39.3 Å². The maximum atomic E-state index is 12.5. The number of hydrogen-bond donors (Lipinski definition) is 1. The van der Waals surface area contributed by atoms with E-state index in [0.717, 1.165) is 37.4 Å². The van der Waals surface area contributed by atoms with Gasteiger partial charge in [-0.2, -0.15) is 0 Å². The molecule has 2 atom stereocenters. The number of carbonyl (C=O) groups is 1. The fraction of sp³-hybridized carbons (Fsp3) is 0.632. The lowest BCUT2D eigenvalue weighted by atomic mass is 10.0. The molecule has 0 aromatic heterocycles. The number of piperazine rings is 1. The third-order valence-corrected chi connectivity index (χ3v) is 4.65. The predicted octanol–water partition coefficient (Wildman–Crippen LogP) is 2.29. The first-order valence-electron chi connectivity index (χ1n) is 8.98. The average Bonchev–Trinajstić information content (AvgIpc) is 2.56. The lowest BCUT2D eigenvalue weighted by molar-refractivity contribution is -0.124. The van der Waals surface area contributed by atoms with Crippen molar-refractivity contribution in [2.75, 3.05) is 39.8 Å². The number of benzene rings is 1. The molecule has 1 amide bonds. The summed E-state index contributed by atoms with van der Waals surface area (Å²) in [6.45, 7) is 10.3. The van der Waals surface area contributed by atoms with Crippen LogP contribution < -0.4 is 10.1 Å². The summed E-state index contributed by atoms with van der Waals surface area (Å²) in [5, 5.41) is 3.19. The Labute approximate surface area is 146 Å². The molecule has 5 heteroatoms. The van der Waals surface area contributed by atoms with Crippen LogP contribution in [0.2, 0.25) is 0 Å². The van der Waals surface area contributed by atoms with Crippen LogP contribution in [0.15, 0.2) is 24.3 Å². The van der Waals surface area contributed by atoms with Gasteiger partial charge >= 0.3 is 0 Å². The van der Waals surface area contributed by atoms with Crippen LogP contribution in [0.3, 0.4) is 0 Å². The summed E-state index contributed by atoms with van der Waals surface area (Å²) >= 11 is 0. The summed E-state index contributed by atoms with van der Waals surface area (Å²) < 4.78 is 5.71. The summed E-state index contributed by atoms with van der Waals surface area (Å²) in [6.07, 6.45) is 0.841. The molecule has 1 aromatic rings.